The molecule has 0 aliphatic carbocycles. The van der Waals surface area contributed by atoms with Gasteiger partial charge in [-0.15, -0.1) is 11.8 Å². The van der Waals surface area contributed by atoms with E-state index >= 15 is 0 Å². The summed E-state index contributed by atoms with van der Waals surface area (Å²) in [5, 5.41) is 1.27. The fraction of sp³-hybridized carbons (Fsp3) is 0.250. The lowest BCUT2D eigenvalue weighted by atomic mass is 10.3. The lowest BCUT2D eigenvalue weighted by molar-refractivity contribution is 0.604. The van der Waals surface area contributed by atoms with Crippen molar-refractivity contribution in [3.63, 3.8) is 0 Å². The Hall–Kier alpha value is -0.0300. The molecule has 1 atom stereocenters. The van der Waals surface area contributed by atoms with Crippen molar-refractivity contribution in [3.8, 4) is 0 Å². The van der Waals surface area contributed by atoms with Crippen molar-refractivity contribution in [1.29, 1.82) is 0 Å². The van der Waals surface area contributed by atoms with Crippen LogP contribution in [0.1, 0.15) is 0 Å². The van der Waals surface area contributed by atoms with Gasteiger partial charge in [0, 0.05) is 5.02 Å². The van der Waals surface area contributed by atoms with Crippen molar-refractivity contribution in [2.45, 2.75) is 0 Å². The molecule has 1 rings (SSSR count). The van der Waals surface area contributed by atoms with Crippen LogP contribution in [0.2, 0.25) is 5.02 Å². The summed E-state index contributed by atoms with van der Waals surface area (Å²) in [5.74, 6) is 0. The van der Waals surface area contributed by atoms with Gasteiger partial charge in [-0.1, -0.05) is 11.6 Å². The van der Waals surface area contributed by atoms with E-state index in [4.69, 9.17) is 11.6 Å². The first-order valence-electron chi connectivity index (χ1n) is 3.62. The number of hydrogen-bond donors (Lipinski definition) is 1. The van der Waals surface area contributed by atoms with Crippen molar-refractivity contribution in [2.75, 3.05) is 16.1 Å². The van der Waals surface area contributed by atoms with Gasteiger partial charge in [-0.2, -0.15) is 0 Å². The molecule has 0 aliphatic rings. The second-order valence-corrected chi connectivity index (χ2v) is 5.21. The van der Waals surface area contributed by atoms with E-state index < -0.39 is 11.4 Å². The summed E-state index contributed by atoms with van der Waals surface area (Å²) in [5.41, 5.74) is 0.830. The van der Waals surface area contributed by atoms with Crippen LogP contribution in [-0.4, -0.2) is 15.9 Å². The average Bonchev–Trinajstić information content (AvgIpc) is 2.09. The summed E-state index contributed by atoms with van der Waals surface area (Å²) in [6, 6.07) is 7.14. The highest BCUT2D eigenvalue weighted by Gasteiger charge is 2.04. The minimum Gasteiger partial charge on any atom is -0.592 e. The normalized spacial score (nSPS) is 12.5. The van der Waals surface area contributed by atoms with Crippen molar-refractivity contribution in [2.24, 2.45) is 0 Å². The molecule has 0 spiro atoms. The van der Waals surface area contributed by atoms with Crippen LogP contribution in [0.25, 0.3) is 0 Å². The van der Waals surface area contributed by atoms with Crippen molar-refractivity contribution < 1.29 is 4.55 Å². The SMILES string of the molecule is CSC[S+]([O-])Nc1ccc(Cl)cc1. The Balaban J connectivity index is 2.49. The van der Waals surface area contributed by atoms with Crippen molar-refractivity contribution in [3.05, 3.63) is 29.3 Å². The zero-order valence-electron chi connectivity index (χ0n) is 7.12. The maximum atomic E-state index is 11.2. The fourth-order valence-corrected chi connectivity index (χ4v) is 2.40. The molecule has 0 amide bonds. The minimum atomic E-state index is -1.01. The molecule has 2 nitrogen and oxygen atoms in total. The van der Waals surface area contributed by atoms with Crippen LogP contribution in [0.15, 0.2) is 24.3 Å². The molecule has 0 aromatic heterocycles. The Morgan fingerprint density at radius 3 is 2.62 bits per heavy atom. The summed E-state index contributed by atoms with van der Waals surface area (Å²) >= 11 is 6.24. The van der Waals surface area contributed by atoms with E-state index in [1.807, 2.05) is 6.26 Å². The molecule has 0 radical (unpaired) electrons. The molecule has 13 heavy (non-hydrogen) atoms. The number of halogens is 1. The van der Waals surface area contributed by atoms with Crippen molar-refractivity contribution in [1.82, 2.24) is 0 Å². The van der Waals surface area contributed by atoms with E-state index in [9.17, 15) is 4.55 Å². The third kappa shape index (κ3) is 4.13. The average molecular weight is 236 g/mol. The smallest absolute Gasteiger partial charge is 0.176 e. The zero-order chi connectivity index (χ0) is 9.68. The number of benzene rings is 1. The van der Waals surface area contributed by atoms with Crippen LogP contribution >= 0.6 is 23.4 Å². The van der Waals surface area contributed by atoms with E-state index in [1.165, 1.54) is 0 Å². The molecule has 72 valence electrons. The van der Waals surface area contributed by atoms with Gasteiger partial charge in [-0.3, -0.25) is 0 Å². The Bertz CT molecular complexity index is 255. The number of hydrogen-bond acceptors (Lipinski definition) is 3. The third-order valence-corrected chi connectivity index (χ3v) is 3.82. The topological polar surface area (TPSA) is 35.1 Å². The molecule has 0 bridgehead atoms. The Kier molecular flexibility index (Phi) is 4.80. The molecule has 0 heterocycles. The minimum absolute atomic E-state index is 0.586. The summed E-state index contributed by atoms with van der Waals surface area (Å²) in [6.45, 7) is 0. The lowest BCUT2D eigenvalue weighted by Crippen LogP contribution is -2.14. The summed E-state index contributed by atoms with van der Waals surface area (Å²) in [6.07, 6.45) is 1.92. The molecular formula is C8H10ClNOS2. The maximum absolute atomic E-state index is 11.2. The second-order valence-electron chi connectivity index (χ2n) is 2.36. The molecule has 1 unspecified atom stereocenters. The third-order valence-electron chi connectivity index (χ3n) is 1.30. The predicted octanol–water partition coefficient (Wildman–Crippen LogP) is 2.74. The van der Waals surface area contributed by atoms with Crippen LogP contribution in [0.5, 0.6) is 0 Å². The number of thioether (sulfide) groups is 1. The van der Waals surface area contributed by atoms with E-state index in [1.54, 1.807) is 36.0 Å². The highest BCUT2D eigenvalue weighted by atomic mass is 35.5. The summed E-state index contributed by atoms with van der Waals surface area (Å²) in [4.78, 5) is 0. The van der Waals surface area contributed by atoms with Crippen LogP contribution in [0.3, 0.4) is 0 Å². The largest absolute Gasteiger partial charge is 0.592 e. The van der Waals surface area contributed by atoms with E-state index in [0.29, 0.717) is 10.1 Å². The standard InChI is InChI=1S/C8H10ClNOS2/c1-12-6-13(11)10-8-4-2-7(9)3-5-8/h2-5,10H,6H2,1H3. The number of rotatable bonds is 4. The van der Waals surface area contributed by atoms with Gasteiger partial charge in [0.15, 0.2) is 5.08 Å². The van der Waals surface area contributed by atoms with Crippen LogP contribution in [0, 0.1) is 0 Å². The number of nitrogens with one attached hydrogen (secondary N) is 1. The molecule has 0 aliphatic heterocycles. The maximum Gasteiger partial charge on any atom is 0.176 e. The molecule has 0 fully saturated rings. The van der Waals surface area contributed by atoms with E-state index in [-0.39, 0.29) is 0 Å². The molecule has 1 aromatic carbocycles. The summed E-state index contributed by atoms with van der Waals surface area (Å²) in [7, 11) is 0. The fourth-order valence-electron chi connectivity index (χ4n) is 0.786. The van der Waals surface area contributed by atoms with Crippen LogP contribution < -0.4 is 4.72 Å². The van der Waals surface area contributed by atoms with Crippen molar-refractivity contribution >= 4 is 40.4 Å². The second kappa shape index (κ2) is 5.65. The van der Waals surface area contributed by atoms with Gasteiger partial charge in [0.05, 0.1) is 17.0 Å². The van der Waals surface area contributed by atoms with Gasteiger partial charge in [0.2, 0.25) is 0 Å². The van der Waals surface area contributed by atoms with Gasteiger partial charge in [-0.05, 0) is 30.5 Å². The monoisotopic (exact) mass is 235 g/mol. The Morgan fingerprint density at radius 1 is 1.46 bits per heavy atom. The zero-order valence-corrected chi connectivity index (χ0v) is 9.51. The first-order chi connectivity index (χ1) is 6.22. The first-order valence-corrected chi connectivity index (χ1v) is 6.71. The van der Waals surface area contributed by atoms with Crippen LogP contribution in [-0.2, 0) is 11.4 Å². The summed E-state index contributed by atoms with van der Waals surface area (Å²) < 4.78 is 14.1. The Labute approximate surface area is 90.4 Å². The highest BCUT2D eigenvalue weighted by molar-refractivity contribution is 8.12. The van der Waals surface area contributed by atoms with Gasteiger partial charge < -0.3 is 4.55 Å². The molecule has 5 heteroatoms. The molecular weight excluding hydrogens is 226 g/mol. The van der Waals surface area contributed by atoms with Gasteiger partial charge in [0.1, 0.15) is 0 Å². The highest BCUT2D eigenvalue weighted by Crippen LogP contribution is 2.15. The van der Waals surface area contributed by atoms with E-state index in [0.717, 1.165) is 5.69 Å². The number of anilines is 1. The predicted molar refractivity (Wildman–Crippen MR) is 61.6 cm³/mol. The quantitative estimate of drug-likeness (QED) is 0.816. The molecule has 0 saturated carbocycles. The van der Waals surface area contributed by atoms with Gasteiger partial charge in [0.25, 0.3) is 0 Å². The molecule has 1 N–H and O–H groups in total. The molecule has 0 saturated heterocycles. The Morgan fingerprint density at radius 2 is 2.08 bits per heavy atom. The van der Waals surface area contributed by atoms with Crippen LogP contribution in [0.4, 0.5) is 5.69 Å². The van der Waals surface area contributed by atoms with Gasteiger partial charge in [-0.25, -0.2) is 4.72 Å². The first kappa shape index (κ1) is 11.0. The lowest BCUT2D eigenvalue weighted by Gasteiger charge is -2.10. The van der Waals surface area contributed by atoms with Gasteiger partial charge >= 0.3 is 0 Å². The molecule has 1 aromatic rings. The van der Waals surface area contributed by atoms with E-state index in [2.05, 4.69) is 4.72 Å².